The van der Waals surface area contributed by atoms with Crippen molar-refractivity contribution in [2.75, 3.05) is 52.8 Å². The molecule has 0 spiro atoms. The number of benzene rings is 2. The van der Waals surface area contributed by atoms with Crippen molar-refractivity contribution in [3.8, 4) is 11.5 Å². The minimum absolute atomic E-state index is 0.00829. The van der Waals surface area contributed by atoms with E-state index in [1.54, 1.807) is 23.1 Å². The first kappa shape index (κ1) is 57.9. The summed E-state index contributed by atoms with van der Waals surface area (Å²) >= 11 is 0. The summed E-state index contributed by atoms with van der Waals surface area (Å²) in [7, 11) is 0. The Labute approximate surface area is 438 Å². The standard InChI is InChI=1S/C58H82N4O12/c1-4-6-7-8-9-10-11-12-13-18-35-70-57(66)61(30-36-69-37-33-65)54-40-52(60-73-41-44-24-26-47(27-25-44)62(67)68)50-38-45(21-14-16-31-63)49(23-15-17-32-64)55-51-39-48(71-42-46-22-19-20-43(3)59-46)28-29-53(51)74-58(54,56(50)55)72-34-5-2/h5,19-20,22,24-29,38-39,45,49,54-56,63-65H,2,4,6-18,21,23,30-37,40-42H2,1,3H3. The van der Waals surface area contributed by atoms with Gasteiger partial charge in [-0.1, -0.05) is 101 Å². The molecule has 74 heavy (non-hydrogen) atoms. The zero-order valence-electron chi connectivity index (χ0n) is 43.9. The van der Waals surface area contributed by atoms with Gasteiger partial charge in [0.25, 0.3) is 5.69 Å². The zero-order chi connectivity index (χ0) is 52.5. The van der Waals surface area contributed by atoms with Gasteiger partial charge in [-0.2, -0.15) is 0 Å². The average molecular weight is 1030 g/mol. The average Bonchev–Trinajstić information content (AvgIpc) is 3.45. The fourth-order valence-corrected chi connectivity index (χ4v) is 11.0. The summed E-state index contributed by atoms with van der Waals surface area (Å²) in [6.07, 6.45) is 19.1. The van der Waals surface area contributed by atoms with Gasteiger partial charge in [0.05, 0.1) is 55.3 Å². The van der Waals surface area contributed by atoms with Crippen molar-refractivity contribution in [1.29, 1.82) is 0 Å². The van der Waals surface area contributed by atoms with E-state index in [2.05, 4.69) is 24.6 Å². The smallest absolute Gasteiger partial charge is 0.410 e. The number of hydrogen-bond donors (Lipinski definition) is 3. The van der Waals surface area contributed by atoms with E-state index in [0.717, 1.165) is 67.5 Å². The number of rotatable bonds is 35. The van der Waals surface area contributed by atoms with Gasteiger partial charge >= 0.3 is 6.09 Å². The van der Waals surface area contributed by atoms with Crippen LogP contribution in [0.3, 0.4) is 0 Å². The third-order valence-electron chi connectivity index (χ3n) is 14.6. The Morgan fingerprint density at radius 1 is 0.892 bits per heavy atom. The summed E-state index contributed by atoms with van der Waals surface area (Å²) in [5.74, 6) is -1.26. The number of carbonyl (C=O) groups excluding carboxylic acids is 1. The summed E-state index contributed by atoms with van der Waals surface area (Å²) in [5, 5.41) is 46.2. The number of aliphatic hydroxyl groups excluding tert-OH is 3. The van der Waals surface area contributed by atoms with Crippen molar-refractivity contribution in [2.45, 2.75) is 154 Å². The van der Waals surface area contributed by atoms with E-state index >= 15 is 0 Å². The SMILES string of the molecule is C=CCOC12Oc3ccc(OCc4cccc(C)n4)cc3C3C(CCCCO)C(CCCCO)C=C(C(=NOCc4ccc([N+](=O)[O-])cc4)CC1N(CCOCCO)C(=O)OCCCCCCCCCCCC)C32. The van der Waals surface area contributed by atoms with Crippen molar-refractivity contribution in [3.63, 3.8) is 0 Å². The van der Waals surface area contributed by atoms with Crippen LogP contribution in [0, 0.1) is 34.8 Å². The van der Waals surface area contributed by atoms with Gasteiger partial charge in [-0.05, 0) is 104 Å². The minimum Gasteiger partial charge on any atom is -0.487 e. The number of hydrogen-bond acceptors (Lipinski definition) is 14. The van der Waals surface area contributed by atoms with Gasteiger partial charge < -0.3 is 43.8 Å². The lowest BCUT2D eigenvalue weighted by Crippen LogP contribution is -2.70. The molecule has 406 valence electrons. The number of nitro benzene ring substituents is 1. The number of non-ortho nitro benzene ring substituents is 1. The summed E-state index contributed by atoms with van der Waals surface area (Å²) in [6.45, 7) is 8.96. The second-order valence-electron chi connectivity index (χ2n) is 19.9. The number of carbonyl (C=O) groups is 1. The summed E-state index contributed by atoms with van der Waals surface area (Å²) < 4.78 is 33.0. The number of pyridine rings is 1. The Bertz CT molecular complexity index is 2260. The van der Waals surface area contributed by atoms with E-state index in [1.807, 2.05) is 43.3 Å². The molecule has 16 nitrogen and oxygen atoms in total. The van der Waals surface area contributed by atoms with Gasteiger partial charge in [0, 0.05) is 55.5 Å². The molecule has 0 bridgehead atoms. The Balaban J connectivity index is 1.45. The first-order valence-electron chi connectivity index (χ1n) is 27.3. The summed E-state index contributed by atoms with van der Waals surface area (Å²) in [5.41, 5.74) is 4.66. The van der Waals surface area contributed by atoms with Gasteiger partial charge in [0.2, 0.25) is 5.79 Å². The number of oxime groups is 1. The van der Waals surface area contributed by atoms with Gasteiger partial charge in [-0.15, -0.1) is 6.58 Å². The van der Waals surface area contributed by atoms with Crippen LogP contribution in [0.2, 0.25) is 0 Å². The van der Waals surface area contributed by atoms with Crippen molar-refractivity contribution >= 4 is 17.5 Å². The second-order valence-corrected chi connectivity index (χ2v) is 19.9. The lowest BCUT2D eigenvalue weighted by molar-refractivity contribution is -0.384. The number of amides is 1. The normalized spacial score (nSPS) is 21.2. The fourth-order valence-electron chi connectivity index (χ4n) is 11.0. The number of nitro groups is 1. The zero-order valence-corrected chi connectivity index (χ0v) is 43.9. The number of unbranched alkanes of at least 4 members (excludes halogenated alkanes) is 11. The van der Waals surface area contributed by atoms with Gasteiger partial charge in [0.15, 0.2) is 0 Å². The van der Waals surface area contributed by atoms with Crippen molar-refractivity contribution in [2.24, 2.45) is 22.9 Å². The Kier molecular flexibility index (Phi) is 24.1. The lowest BCUT2D eigenvalue weighted by atomic mass is 9.55. The van der Waals surface area contributed by atoms with E-state index < -0.39 is 28.8 Å². The second kappa shape index (κ2) is 30.8. The van der Waals surface area contributed by atoms with E-state index in [-0.39, 0.29) is 95.9 Å². The van der Waals surface area contributed by atoms with Crippen LogP contribution >= 0.6 is 0 Å². The van der Waals surface area contributed by atoms with E-state index in [9.17, 15) is 30.2 Å². The summed E-state index contributed by atoms with van der Waals surface area (Å²) in [6, 6.07) is 17.0. The highest BCUT2D eigenvalue weighted by molar-refractivity contribution is 6.03. The highest BCUT2D eigenvalue weighted by atomic mass is 16.7. The van der Waals surface area contributed by atoms with Gasteiger partial charge in [0.1, 0.15) is 30.8 Å². The van der Waals surface area contributed by atoms with Crippen LogP contribution in [-0.4, -0.2) is 107 Å². The minimum atomic E-state index is -1.54. The molecule has 0 radical (unpaired) electrons. The van der Waals surface area contributed by atoms with Crippen LogP contribution in [0.5, 0.6) is 11.5 Å². The Morgan fingerprint density at radius 3 is 2.31 bits per heavy atom. The number of allylic oxidation sites excluding steroid dienone is 1. The van der Waals surface area contributed by atoms with Crippen LogP contribution in [-0.2, 0) is 32.3 Å². The molecule has 2 aliphatic carbocycles. The highest BCUT2D eigenvalue weighted by Crippen LogP contribution is 2.62. The van der Waals surface area contributed by atoms with Crippen LogP contribution in [0.4, 0.5) is 10.5 Å². The van der Waals surface area contributed by atoms with E-state index in [0.29, 0.717) is 42.0 Å². The number of aliphatic hydroxyl groups is 3. The molecule has 1 saturated carbocycles. The maximum absolute atomic E-state index is 14.9. The molecule has 0 saturated heterocycles. The molecule has 6 rings (SSSR count). The largest absolute Gasteiger partial charge is 0.487 e. The Morgan fingerprint density at radius 2 is 1.62 bits per heavy atom. The maximum Gasteiger partial charge on any atom is 0.410 e. The molecule has 1 aromatic heterocycles. The van der Waals surface area contributed by atoms with Gasteiger partial charge in [-0.25, -0.2) is 4.79 Å². The molecule has 6 atom stereocenters. The van der Waals surface area contributed by atoms with Crippen LogP contribution < -0.4 is 9.47 Å². The molecule has 3 aliphatic rings. The van der Waals surface area contributed by atoms with Gasteiger partial charge in [-0.3, -0.25) is 20.0 Å². The molecule has 2 heterocycles. The number of aromatic nitrogens is 1. The van der Waals surface area contributed by atoms with E-state index in [4.69, 9.17) is 33.7 Å². The highest BCUT2D eigenvalue weighted by Gasteiger charge is 2.65. The third-order valence-corrected chi connectivity index (χ3v) is 14.6. The molecule has 1 fully saturated rings. The molecular formula is C58H82N4O12. The number of aryl methyl sites for hydroxylation is 1. The fraction of sp³-hybridized carbons (Fsp3) is 0.603. The molecular weight excluding hydrogens is 945 g/mol. The maximum atomic E-state index is 14.9. The first-order chi connectivity index (χ1) is 36.2. The quantitative estimate of drug-likeness (QED) is 0.0217. The van der Waals surface area contributed by atoms with Crippen molar-refractivity contribution < 1.29 is 53.6 Å². The lowest BCUT2D eigenvalue weighted by Gasteiger charge is -2.59. The predicted molar refractivity (Wildman–Crippen MR) is 284 cm³/mol. The van der Waals surface area contributed by atoms with Crippen LogP contribution in [0.25, 0.3) is 0 Å². The molecule has 3 aromatic rings. The molecule has 6 unspecified atom stereocenters. The van der Waals surface area contributed by atoms with Crippen LogP contribution in [0.1, 0.15) is 145 Å². The number of nitrogens with zero attached hydrogens (tertiary/aromatic N) is 4. The first-order valence-corrected chi connectivity index (χ1v) is 27.3. The van der Waals surface area contributed by atoms with Crippen molar-refractivity contribution in [3.05, 3.63) is 118 Å². The molecule has 2 aromatic carbocycles. The third kappa shape index (κ3) is 16.1. The monoisotopic (exact) mass is 1030 g/mol. The summed E-state index contributed by atoms with van der Waals surface area (Å²) in [4.78, 5) is 38.4. The predicted octanol–water partition coefficient (Wildman–Crippen LogP) is 11.1. The molecule has 3 N–H and O–H groups in total. The molecule has 1 aliphatic heterocycles. The van der Waals surface area contributed by atoms with Crippen LogP contribution in [0.15, 0.2) is 90.1 Å². The molecule has 1 amide bonds. The Hall–Kier alpha value is -5.39. The topological polar surface area (TPSA) is 205 Å². The number of fused-ring (bicyclic) bond motifs is 2. The number of ether oxygens (including phenoxy) is 5. The molecule has 16 heteroatoms. The van der Waals surface area contributed by atoms with E-state index in [1.165, 1.54) is 50.7 Å². The van der Waals surface area contributed by atoms with Crippen molar-refractivity contribution in [1.82, 2.24) is 9.88 Å².